The van der Waals surface area contributed by atoms with Gasteiger partial charge in [-0.25, -0.2) is 4.99 Å². The van der Waals surface area contributed by atoms with E-state index in [-0.39, 0.29) is 23.1 Å². The minimum atomic E-state index is -0.276. The van der Waals surface area contributed by atoms with Gasteiger partial charge in [-0.2, -0.15) is 0 Å². The molecule has 2 aromatic carbocycles. The number of carbonyl (C=O) groups is 2. The summed E-state index contributed by atoms with van der Waals surface area (Å²) in [4.78, 5) is 32.9. The Morgan fingerprint density at radius 2 is 1.74 bits per heavy atom. The first-order chi connectivity index (χ1) is 18.4. The summed E-state index contributed by atoms with van der Waals surface area (Å²) in [6, 6.07) is 16.5. The van der Waals surface area contributed by atoms with Crippen LogP contribution in [0.2, 0.25) is 0 Å². The molecule has 1 aliphatic heterocycles. The Hall–Kier alpha value is -3.82. The Labute approximate surface area is 226 Å². The normalized spacial score (nSPS) is 14.2. The maximum atomic E-state index is 13.5. The third-order valence-electron chi connectivity index (χ3n) is 6.29. The van der Waals surface area contributed by atoms with E-state index in [1.807, 2.05) is 62.4 Å². The van der Waals surface area contributed by atoms with Crippen LogP contribution in [0.25, 0.3) is 6.08 Å². The monoisotopic (exact) mass is 533 g/mol. The number of aromatic nitrogens is 1. The number of aliphatic imine (C=N–C) groups is 1. The molecule has 0 spiro atoms. The molecule has 0 atom stereocenters. The number of ether oxygens (including phenoxy) is 3. The lowest BCUT2D eigenvalue weighted by Gasteiger charge is -2.18. The summed E-state index contributed by atoms with van der Waals surface area (Å²) >= 11 is 1.24. The highest BCUT2D eigenvalue weighted by Crippen LogP contribution is 2.32. The smallest absolute Gasteiger partial charge is 0.283 e. The zero-order valence-corrected chi connectivity index (χ0v) is 23.0. The lowest BCUT2D eigenvalue weighted by molar-refractivity contribution is -0.113. The Morgan fingerprint density at radius 3 is 2.42 bits per heavy atom. The van der Waals surface area contributed by atoms with Crippen LogP contribution in [0.3, 0.4) is 0 Å². The van der Waals surface area contributed by atoms with Crippen molar-refractivity contribution in [1.82, 2.24) is 4.57 Å². The molecular formula is C29H31N3O5S. The summed E-state index contributed by atoms with van der Waals surface area (Å²) in [5.74, 6) is 1.17. The molecule has 3 aromatic rings. The van der Waals surface area contributed by atoms with E-state index in [1.165, 1.54) is 16.7 Å². The van der Waals surface area contributed by atoms with Gasteiger partial charge >= 0.3 is 0 Å². The Morgan fingerprint density at radius 1 is 1.00 bits per heavy atom. The van der Waals surface area contributed by atoms with Gasteiger partial charge in [0.2, 0.25) is 0 Å². The first kappa shape index (κ1) is 27.2. The third-order valence-corrected chi connectivity index (χ3v) is 7.22. The number of amides is 1. The number of Topliss-reactive ketones (excluding diaryl/α,β-unsaturated/α-hetero) is 1. The molecule has 4 rings (SSSR count). The zero-order chi connectivity index (χ0) is 27.2. The third kappa shape index (κ3) is 5.84. The number of thioether (sulfide) groups is 1. The van der Waals surface area contributed by atoms with Crippen molar-refractivity contribution in [3.63, 3.8) is 0 Å². The number of benzene rings is 2. The van der Waals surface area contributed by atoms with E-state index < -0.39 is 0 Å². The van der Waals surface area contributed by atoms with Crippen LogP contribution >= 0.6 is 11.8 Å². The molecule has 2 heterocycles. The van der Waals surface area contributed by atoms with Crippen molar-refractivity contribution in [3.05, 3.63) is 82.8 Å². The summed E-state index contributed by atoms with van der Waals surface area (Å²) in [6.45, 7) is 5.16. The SMILES string of the molecule is COCCn1c(C)cc(C(=O)CSC2=N/C(=C/c3ccc(OC)cc3)C(=O)N2c2cccc(OC)c2)c1C. The van der Waals surface area contributed by atoms with Gasteiger partial charge in [0.25, 0.3) is 5.91 Å². The minimum absolute atomic E-state index is 0.0277. The van der Waals surface area contributed by atoms with Crippen LogP contribution in [-0.4, -0.2) is 55.1 Å². The van der Waals surface area contributed by atoms with Crippen LogP contribution in [0.15, 0.2) is 65.3 Å². The summed E-state index contributed by atoms with van der Waals surface area (Å²) < 4.78 is 17.9. The standard InChI is InChI=1S/C29H31N3O5S/c1-19-15-25(20(2)31(19)13-14-35-3)27(33)18-38-29-30-26(16-21-9-11-23(36-4)12-10-21)28(34)32(29)22-7-6-8-24(17-22)37-5/h6-12,15-17H,13-14,18H2,1-5H3/b26-16+. The van der Waals surface area contributed by atoms with E-state index in [0.29, 0.717) is 35.3 Å². The highest BCUT2D eigenvalue weighted by molar-refractivity contribution is 8.14. The second kappa shape index (κ2) is 12.1. The van der Waals surface area contributed by atoms with E-state index in [2.05, 4.69) is 9.56 Å². The van der Waals surface area contributed by atoms with Crippen molar-refractivity contribution in [2.24, 2.45) is 4.99 Å². The number of rotatable bonds is 10. The number of ketones is 1. The summed E-state index contributed by atoms with van der Waals surface area (Å²) in [5, 5.41) is 0.435. The number of methoxy groups -OCH3 is 3. The van der Waals surface area contributed by atoms with Crippen LogP contribution in [0.4, 0.5) is 5.69 Å². The average molecular weight is 534 g/mol. The molecule has 8 nitrogen and oxygen atoms in total. The minimum Gasteiger partial charge on any atom is -0.497 e. The molecule has 0 saturated carbocycles. The van der Waals surface area contributed by atoms with Crippen molar-refractivity contribution in [3.8, 4) is 11.5 Å². The molecule has 0 radical (unpaired) electrons. The summed E-state index contributed by atoms with van der Waals surface area (Å²) in [6.07, 6.45) is 1.73. The Kier molecular flexibility index (Phi) is 8.70. The highest BCUT2D eigenvalue weighted by Gasteiger charge is 2.33. The molecule has 0 fully saturated rings. The fraction of sp³-hybridized carbons (Fsp3) is 0.276. The van der Waals surface area contributed by atoms with Gasteiger partial charge in [-0.1, -0.05) is 30.0 Å². The maximum Gasteiger partial charge on any atom is 0.283 e. The van der Waals surface area contributed by atoms with Gasteiger partial charge in [0.05, 0.1) is 32.3 Å². The number of hydrogen-bond acceptors (Lipinski definition) is 7. The number of carbonyl (C=O) groups excluding carboxylic acids is 2. The molecule has 0 unspecified atom stereocenters. The molecule has 38 heavy (non-hydrogen) atoms. The largest absolute Gasteiger partial charge is 0.497 e. The lowest BCUT2D eigenvalue weighted by Crippen LogP contribution is -2.30. The predicted molar refractivity (Wildman–Crippen MR) is 151 cm³/mol. The van der Waals surface area contributed by atoms with Gasteiger partial charge in [0.1, 0.15) is 17.2 Å². The fourth-order valence-electron chi connectivity index (χ4n) is 4.25. The van der Waals surface area contributed by atoms with E-state index in [0.717, 1.165) is 22.7 Å². The van der Waals surface area contributed by atoms with Crippen LogP contribution in [-0.2, 0) is 16.1 Å². The summed E-state index contributed by atoms with van der Waals surface area (Å²) in [5.41, 5.74) is 4.28. The topological polar surface area (TPSA) is 82.4 Å². The van der Waals surface area contributed by atoms with Crippen LogP contribution in [0.1, 0.15) is 27.3 Å². The molecule has 0 N–H and O–H groups in total. The van der Waals surface area contributed by atoms with Crippen LogP contribution in [0.5, 0.6) is 11.5 Å². The number of anilines is 1. The van der Waals surface area contributed by atoms with Crippen molar-refractivity contribution in [2.75, 3.05) is 38.6 Å². The average Bonchev–Trinajstić information content (AvgIpc) is 3.40. The highest BCUT2D eigenvalue weighted by atomic mass is 32.2. The molecule has 9 heteroatoms. The van der Waals surface area contributed by atoms with E-state index in [9.17, 15) is 9.59 Å². The fourth-order valence-corrected chi connectivity index (χ4v) is 5.14. The molecule has 1 amide bonds. The predicted octanol–water partition coefficient (Wildman–Crippen LogP) is 5.13. The van der Waals surface area contributed by atoms with Gasteiger partial charge in [0.15, 0.2) is 11.0 Å². The molecule has 1 aliphatic rings. The van der Waals surface area contributed by atoms with Gasteiger partial charge in [-0.3, -0.25) is 14.5 Å². The molecule has 1 aromatic heterocycles. The van der Waals surface area contributed by atoms with Crippen LogP contribution in [0, 0.1) is 13.8 Å². The first-order valence-electron chi connectivity index (χ1n) is 12.1. The van der Waals surface area contributed by atoms with E-state index in [4.69, 9.17) is 14.2 Å². The number of amidine groups is 1. The van der Waals surface area contributed by atoms with Crippen molar-refractivity contribution < 1.29 is 23.8 Å². The Balaban J connectivity index is 1.62. The number of nitrogens with zero attached hydrogens (tertiary/aromatic N) is 3. The lowest BCUT2D eigenvalue weighted by atomic mass is 10.2. The van der Waals surface area contributed by atoms with Gasteiger partial charge in [0, 0.05) is 36.7 Å². The first-order valence-corrected chi connectivity index (χ1v) is 13.1. The van der Waals surface area contributed by atoms with Crippen molar-refractivity contribution in [1.29, 1.82) is 0 Å². The van der Waals surface area contributed by atoms with Crippen LogP contribution < -0.4 is 14.4 Å². The molecular weight excluding hydrogens is 502 g/mol. The van der Waals surface area contributed by atoms with Gasteiger partial charge in [-0.15, -0.1) is 0 Å². The van der Waals surface area contributed by atoms with Gasteiger partial charge in [-0.05, 0) is 55.8 Å². The molecule has 0 bridgehead atoms. The quantitative estimate of drug-likeness (QED) is 0.266. The van der Waals surface area contributed by atoms with Crippen molar-refractivity contribution in [2.45, 2.75) is 20.4 Å². The molecule has 0 saturated heterocycles. The molecule has 0 aliphatic carbocycles. The molecule has 198 valence electrons. The second-order valence-electron chi connectivity index (χ2n) is 8.68. The zero-order valence-electron chi connectivity index (χ0n) is 22.2. The Bertz CT molecular complexity index is 1390. The van der Waals surface area contributed by atoms with Crippen molar-refractivity contribution >= 4 is 40.4 Å². The number of aryl methyl sites for hydroxylation is 1. The summed E-state index contributed by atoms with van der Waals surface area (Å²) in [7, 11) is 4.84. The van der Waals surface area contributed by atoms with E-state index in [1.54, 1.807) is 33.5 Å². The van der Waals surface area contributed by atoms with E-state index >= 15 is 0 Å². The number of hydrogen-bond donors (Lipinski definition) is 0. The van der Waals surface area contributed by atoms with Gasteiger partial charge < -0.3 is 18.8 Å². The maximum absolute atomic E-state index is 13.5. The second-order valence-corrected chi connectivity index (χ2v) is 9.62.